The monoisotopic (exact) mass is 377 g/mol. The van der Waals surface area contributed by atoms with Crippen molar-refractivity contribution in [2.24, 2.45) is 0 Å². The number of fused-ring (bicyclic) bond motifs is 1. The van der Waals surface area contributed by atoms with E-state index >= 15 is 0 Å². The molecule has 0 bridgehead atoms. The maximum Gasteiger partial charge on any atom is 0.469 e. The normalized spacial score (nSPS) is 30.2. The highest BCUT2D eigenvalue weighted by Gasteiger charge is 2.54. The number of phosphoric ester groups is 1. The van der Waals surface area contributed by atoms with Crippen LogP contribution in [0.2, 0.25) is 0 Å². The van der Waals surface area contributed by atoms with Crippen molar-refractivity contribution in [2.75, 3.05) is 12.3 Å². The first-order valence-electron chi connectivity index (χ1n) is 6.99. The van der Waals surface area contributed by atoms with E-state index in [0.717, 1.165) is 0 Å². The molecule has 0 amide bonds. The number of nitrogens with two attached hydrogens (primary N) is 1. The second-order valence-corrected chi connectivity index (χ2v) is 7.00. The minimum absolute atomic E-state index is 0.00952. The Bertz CT molecular complexity index is 903. The Kier molecular flexibility index (Phi) is 4.20. The molecule has 0 aliphatic carbocycles. The van der Waals surface area contributed by atoms with Crippen LogP contribution in [0.4, 0.5) is 5.95 Å². The van der Waals surface area contributed by atoms with Gasteiger partial charge in [-0.05, 0) is 6.92 Å². The summed E-state index contributed by atoms with van der Waals surface area (Å²) in [5, 5.41) is 20.8. The van der Waals surface area contributed by atoms with E-state index in [1.807, 2.05) is 0 Å². The number of rotatable bonds is 4. The maximum absolute atomic E-state index is 11.8. The first kappa shape index (κ1) is 17.9. The number of nitrogen functional groups attached to an aromatic ring is 1. The Labute approximate surface area is 139 Å². The minimum atomic E-state index is -4.78. The molecule has 14 heteroatoms. The van der Waals surface area contributed by atoms with Crippen molar-refractivity contribution >= 4 is 24.9 Å². The lowest BCUT2D eigenvalue weighted by atomic mass is 9.96. The number of aliphatic hydroxyl groups excluding tert-OH is 1. The molecular formula is C11H16N5O8P. The summed E-state index contributed by atoms with van der Waals surface area (Å²) in [6.07, 6.45) is -2.87. The van der Waals surface area contributed by atoms with Gasteiger partial charge < -0.3 is 30.5 Å². The van der Waals surface area contributed by atoms with Crippen LogP contribution in [0.1, 0.15) is 13.2 Å². The number of hydrogen-bond donors (Lipinski definition) is 6. The summed E-state index contributed by atoms with van der Waals surface area (Å²) in [5.74, 6) is -0.182. The summed E-state index contributed by atoms with van der Waals surface area (Å²) in [7, 11) is -4.78. The molecule has 3 rings (SSSR count). The zero-order chi connectivity index (χ0) is 18.6. The van der Waals surface area contributed by atoms with Crippen LogP contribution < -0.4 is 11.3 Å². The lowest BCUT2D eigenvalue weighted by molar-refractivity contribution is -0.0949. The Morgan fingerprint density at radius 1 is 1.56 bits per heavy atom. The van der Waals surface area contributed by atoms with Crippen LogP contribution in [-0.4, -0.2) is 63.9 Å². The molecular weight excluding hydrogens is 361 g/mol. The number of nitrogens with zero attached hydrogens (tertiary/aromatic N) is 3. The number of phosphoric acid groups is 1. The molecule has 1 saturated heterocycles. The van der Waals surface area contributed by atoms with E-state index in [-0.39, 0.29) is 17.1 Å². The summed E-state index contributed by atoms with van der Waals surface area (Å²) < 4.78 is 21.8. The maximum atomic E-state index is 11.8. The third kappa shape index (κ3) is 3.18. The number of aliphatic hydroxyl groups is 2. The highest BCUT2D eigenvalue weighted by atomic mass is 31.2. The highest BCUT2D eigenvalue weighted by Crippen LogP contribution is 2.42. The van der Waals surface area contributed by atoms with Crippen LogP contribution in [0.3, 0.4) is 0 Å². The van der Waals surface area contributed by atoms with Crippen molar-refractivity contribution < 1.29 is 33.8 Å². The Hall–Kier alpha value is -1.86. The number of ether oxygens (including phenoxy) is 1. The van der Waals surface area contributed by atoms with E-state index in [9.17, 15) is 19.6 Å². The molecule has 0 radical (unpaired) electrons. The third-order valence-electron chi connectivity index (χ3n) is 3.86. The summed E-state index contributed by atoms with van der Waals surface area (Å²) in [5.41, 5.74) is 2.96. The zero-order valence-electron chi connectivity index (χ0n) is 12.8. The summed E-state index contributed by atoms with van der Waals surface area (Å²) in [6, 6.07) is 0. The van der Waals surface area contributed by atoms with Crippen LogP contribution in [0.25, 0.3) is 11.2 Å². The molecule has 1 fully saturated rings. The number of nitrogens with one attached hydrogen (secondary N) is 1. The van der Waals surface area contributed by atoms with E-state index < -0.39 is 44.0 Å². The molecule has 3 heterocycles. The molecule has 0 spiro atoms. The fourth-order valence-corrected chi connectivity index (χ4v) is 3.00. The van der Waals surface area contributed by atoms with Gasteiger partial charge in [0.1, 0.15) is 17.8 Å². The fraction of sp³-hybridized carbons (Fsp3) is 0.545. The number of aromatic nitrogens is 4. The second-order valence-electron chi connectivity index (χ2n) is 5.76. The minimum Gasteiger partial charge on any atom is -0.387 e. The Morgan fingerprint density at radius 3 is 2.88 bits per heavy atom. The lowest BCUT2D eigenvalue weighted by Crippen LogP contribution is -2.44. The molecule has 1 aliphatic rings. The third-order valence-corrected chi connectivity index (χ3v) is 4.35. The first-order valence-corrected chi connectivity index (χ1v) is 8.52. The molecule has 2 aromatic rings. The largest absolute Gasteiger partial charge is 0.469 e. The van der Waals surface area contributed by atoms with Gasteiger partial charge in [0.25, 0.3) is 5.56 Å². The van der Waals surface area contributed by atoms with Crippen LogP contribution >= 0.6 is 7.82 Å². The number of hydrogen-bond acceptors (Lipinski definition) is 9. The predicted octanol–water partition coefficient (Wildman–Crippen LogP) is -2.18. The van der Waals surface area contributed by atoms with Gasteiger partial charge in [-0.2, -0.15) is 4.98 Å². The number of H-pyrrole nitrogens is 1. The van der Waals surface area contributed by atoms with Crippen molar-refractivity contribution in [1.82, 2.24) is 19.5 Å². The van der Waals surface area contributed by atoms with Crippen molar-refractivity contribution in [3.8, 4) is 0 Å². The summed E-state index contributed by atoms with van der Waals surface area (Å²) in [4.78, 5) is 39.4. The van der Waals surface area contributed by atoms with Gasteiger partial charge in [0.2, 0.25) is 5.95 Å². The van der Waals surface area contributed by atoms with E-state index in [0.29, 0.717) is 0 Å². The van der Waals surface area contributed by atoms with Crippen LogP contribution in [0.15, 0.2) is 11.1 Å². The van der Waals surface area contributed by atoms with Gasteiger partial charge in [0.15, 0.2) is 17.4 Å². The smallest absolute Gasteiger partial charge is 0.387 e. The molecule has 2 aromatic heterocycles. The second kappa shape index (κ2) is 5.85. The first-order chi connectivity index (χ1) is 11.5. The molecule has 1 aliphatic heterocycles. The average Bonchev–Trinajstić information content (AvgIpc) is 2.97. The quantitative estimate of drug-likeness (QED) is 0.316. The SMILES string of the molecule is CC1(O)C(O)[C@@H](COP(=O)(O)O)O[C@H]1n1cnc2c(=O)[nH]c(N)nc21. The number of imidazole rings is 1. The van der Waals surface area contributed by atoms with Gasteiger partial charge in [-0.25, -0.2) is 9.55 Å². The average molecular weight is 377 g/mol. The molecule has 7 N–H and O–H groups in total. The van der Waals surface area contributed by atoms with Crippen molar-refractivity contribution in [2.45, 2.75) is 31.0 Å². The van der Waals surface area contributed by atoms with Gasteiger partial charge >= 0.3 is 7.82 Å². The molecule has 0 saturated carbocycles. The fourth-order valence-electron chi connectivity index (χ4n) is 2.66. The molecule has 4 atom stereocenters. The van der Waals surface area contributed by atoms with Crippen molar-refractivity contribution in [1.29, 1.82) is 0 Å². The summed E-state index contributed by atoms with van der Waals surface area (Å²) in [6.45, 7) is 0.586. The predicted molar refractivity (Wildman–Crippen MR) is 81.1 cm³/mol. The molecule has 0 aromatic carbocycles. The zero-order valence-corrected chi connectivity index (χ0v) is 13.7. The highest BCUT2D eigenvalue weighted by molar-refractivity contribution is 7.46. The van der Waals surface area contributed by atoms with Gasteiger partial charge in [-0.15, -0.1) is 0 Å². The Balaban J connectivity index is 1.97. The molecule has 138 valence electrons. The molecule has 25 heavy (non-hydrogen) atoms. The standard InChI is InChI=1S/C11H16N5O8P/c1-11(19)6(17)4(2-23-25(20,21)22)24-9(11)16-3-13-5-7(16)14-10(12)15-8(5)18/h3-4,6,9,17,19H,2H2,1H3,(H2,20,21,22)(H3,12,14,15,18)/t4-,6?,9-,11?/m1/s1. The van der Waals surface area contributed by atoms with E-state index in [4.69, 9.17) is 20.3 Å². The van der Waals surface area contributed by atoms with Gasteiger partial charge in [-0.1, -0.05) is 0 Å². The van der Waals surface area contributed by atoms with Crippen LogP contribution in [0, 0.1) is 0 Å². The van der Waals surface area contributed by atoms with E-state index in [2.05, 4.69) is 19.5 Å². The number of anilines is 1. The van der Waals surface area contributed by atoms with Crippen LogP contribution in [0.5, 0.6) is 0 Å². The molecule has 13 nitrogen and oxygen atoms in total. The van der Waals surface area contributed by atoms with Gasteiger partial charge in [-0.3, -0.25) is 18.9 Å². The summed E-state index contributed by atoms with van der Waals surface area (Å²) >= 11 is 0. The van der Waals surface area contributed by atoms with Crippen molar-refractivity contribution in [3.05, 3.63) is 16.7 Å². The molecule has 2 unspecified atom stereocenters. The van der Waals surface area contributed by atoms with E-state index in [1.54, 1.807) is 0 Å². The topological polar surface area (TPSA) is 206 Å². The van der Waals surface area contributed by atoms with E-state index in [1.165, 1.54) is 17.8 Å². The Morgan fingerprint density at radius 2 is 2.24 bits per heavy atom. The lowest BCUT2D eigenvalue weighted by Gasteiger charge is -2.27. The van der Waals surface area contributed by atoms with Gasteiger partial charge in [0.05, 0.1) is 12.9 Å². The number of aromatic amines is 1. The van der Waals surface area contributed by atoms with Crippen LogP contribution in [-0.2, 0) is 13.8 Å². The van der Waals surface area contributed by atoms with Gasteiger partial charge in [0, 0.05) is 0 Å². The van der Waals surface area contributed by atoms with Crippen molar-refractivity contribution in [3.63, 3.8) is 0 Å².